The van der Waals surface area contributed by atoms with Crippen molar-refractivity contribution in [3.05, 3.63) is 47.7 Å². The number of hydrogen-bond donors (Lipinski definition) is 1. The Morgan fingerprint density at radius 3 is 2.53 bits per heavy atom. The van der Waals surface area contributed by atoms with E-state index in [1.807, 2.05) is 7.05 Å². The third-order valence-electron chi connectivity index (χ3n) is 2.24. The van der Waals surface area contributed by atoms with Crippen LogP contribution in [-0.4, -0.2) is 14.7 Å². The Morgan fingerprint density at radius 1 is 1.33 bits per heavy atom. The molecule has 1 heterocycles. The van der Waals surface area contributed by atoms with E-state index in [-0.39, 0.29) is 11.7 Å². The maximum atomic E-state index is 12.6. The predicted octanol–water partition coefficient (Wildman–Crippen LogP) is 1.86. The second-order valence-electron chi connectivity index (χ2n) is 3.43. The second-order valence-corrected chi connectivity index (χ2v) is 3.43. The van der Waals surface area contributed by atoms with Gasteiger partial charge in [-0.15, -0.1) is 0 Å². The van der Waals surface area contributed by atoms with Crippen LogP contribution in [0.4, 0.5) is 4.39 Å². The molecule has 0 aliphatic heterocycles. The summed E-state index contributed by atoms with van der Waals surface area (Å²) >= 11 is 0. The highest BCUT2D eigenvalue weighted by Crippen LogP contribution is 2.12. The highest BCUT2D eigenvalue weighted by molar-refractivity contribution is 5.21. The third kappa shape index (κ3) is 2.15. The second kappa shape index (κ2) is 3.73. The summed E-state index contributed by atoms with van der Waals surface area (Å²) in [7, 11) is 1.81. The lowest BCUT2D eigenvalue weighted by Gasteiger charge is -2.01. The van der Waals surface area contributed by atoms with Crippen LogP contribution in [0.3, 0.4) is 0 Å². The number of aromatic hydroxyl groups is 1. The van der Waals surface area contributed by atoms with Gasteiger partial charge in [0.2, 0.25) is 5.88 Å². The molecule has 4 heteroatoms. The maximum absolute atomic E-state index is 12.6. The fourth-order valence-corrected chi connectivity index (χ4v) is 1.44. The molecule has 0 spiro atoms. The quantitative estimate of drug-likeness (QED) is 0.814. The minimum absolute atomic E-state index is 0.00890. The topological polar surface area (TPSA) is 38.0 Å². The van der Waals surface area contributed by atoms with Gasteiger partial charge in [0.25, 0.3) is 0 Å². The minimum Gasteiger partial charge on any atom is -0.492 e. The normalized spacial score (nSPS) is 10.5. The van der Waals surface area contributed by atoms with Crippen molar-refractivity contribution in [1.29, 1.82) is 0 Å². The van der Waals surface area contributed by atoms with Crippen molar-refractivity contribution in [1.82, 2.24) is 9.55 Å². The summed E-state index contributed by atoms with van der Waals surface area (Å²) in [6, 6.07) is 6.25. The molecule has 0 aliphatic carbocycles. The van der Waals surface area contributed by atoms with Crippen LogP contribution in [-0.2, 0) is 13.5 Å². The van der Waals surface area contributed by atoms with Crippen LogP contribution in [0.15, 0.2) is 30.5 Å². The van der Waals surface area contributed by atoms with Crippen LogP contribution in [0.1, 0.15) is 11.4 Å². The number of nitrogens with zero attached hydrogens (tertiary/aromatic N) is 2. The molecule has 0 aliphatic rings. The standard InChI is InChI=1S/C11H11FN2O/c1-14-7-11(15)13-10(14)6-8-2-4-9(12)5-3-8/h2-5,7,15H,6H2,1H3. The summed E-state index contributed by atoms with van der Waals surface area (Å²) in [6.45, 7) is 0. The Balaban J connectivity index is 2.21. The van der Waals surface area contributed by atoms with E-state index in [1.165, 1.54) is 12.1 Å². The Kier molecular flexibility index (Phi) is 2.41. The van der Waals surface area contributed by atoms with Gasteiger partial charge < -0.3 is 9.67 Å². The Morgan fingerprint density at radius 2 is 2.00 bits per heavy atom. The van der Waals surface area contributed by atoms with Gasteiger partial charge in [0.15, 0.2) is 0 Å². The Hall–Kier alpha value is -1.84. The number of aromatic nitrogens is 2. The van der Waals surface area contributed by atoms with Gasteiger partial charge in [-0.25, -0.2) is 4.39 Å². The number of aryl methyl sites for hydroxylation is 1. The molecule has 0 radical (unpaired) electrons. The lowest BCUT2D eigenvalue weighted by atomic mass is 10.1. The van der Waals surface area contributed by atoms with Crippen LogP contribution < -0.4 is 0 Å². The summed E-state index contributed by atoms with van der Waals surface area (Å²) in [5, 5.41) is 9.16. The molecule has 15 heavy (non-hydrogen) atoms. The van der Waals surface area contributed by atoms with E-state index < -0.39 is 0 Å². The molecule has 0 saturated carbocycles. The molecular weight excluding hydrogens is 195 g/mol. The molecule has 0 fully saturated rings. The summed E-state index contributed by atoms with van der Waals surface area (Å²) in [5.74, 6) is 0.509. The fraction of sp³-hybridized carbons (Fsp3) is 0.182. The zero-order valence-corrected chi connectivity index (χ0v) is 8.31. The van der Waals surface area contributed by atoms with Gasteiger partial charge in [-0.1, -0.05) is 12.1 Å². The smallest absolute Gasteiger partial charge is 0.229 e. The van der Waals surface area contributed by atoms with Crippen molar-refractivity contribution >= 4 is 0 Å². The van der Waals surface area contributed by atoms with Gasteiger partial charge in [0, 0.05) is 13.5 Å². The summed E-state index contributed by atoms with van der Waals surface area (Å²) in [6.07, 6.45) is 2.12. The zero-order valence-electron chi connectivity index (χ0n) is 8.31. The van der Waals surface area contributed by atoms with Gasteiger partial charge >= 0.3 is 0 Å². The highest BCUT2D eigenvalue weighted by Gasteiger charge is 2.04. The first-order valence-electron chi connectivity index (χ1n) is 4.61. The SMILES string of the molecule is Cn1cc(O)nc1Cc1ccc(F)cc1. The van der Waals surface area contributed by atoms with Crippen molar-refractivity contribution in [3.63, 3.8) is 0 Å². The van der Waals surface area contributed by atoms with E-state index in [9.17, 15) is 4.39 Å². The average Bonchev–Trinajstić information content (AvgIpc) is 2.49. The molecule has 78 valence electrons. The molecule has 1 aromatic heterocycles. The summed E-state index contributed by atoms with van der Waals surface area (Å²) in [5.41, 5.74) is 0.963. The molecule has 0 bridgehead atoms. The lowest BCUT2D eigenvalue weighted by molar-refractivity contribution is 0.455. The highest BCUT2D eigenvalue weighted by atomic mass is 19.1. The van der Waals surface area contributed by atoms with Crippen LogP contribution in [0.2, 0.25) is 0 Å². The maximum Gasteiger partial charge on any atom is 0.229 e. The summed E-state index contributed by atoms with van der Waals surface area (Å²) < 4.78 is 14.4. The molecule has 0 amide bonds. The van der Waals surface area contributed by atoms with Crippen LogP contribution in [0.5, 0.6) is 5.88 Å². The molecule has 0 atom stereocenters. The van der Waals surface area contributed by atoms with Gasteiger partial charge in [-0.3, -0.25) is 0 Å². The molecular formula is C11H11FN2O. The first-order chi connectivity index (χ1) is 7.15. The molecule has 1 aromatic carbocycles. The van der Waals surface area contributed by atoms with Crippen molar-refractivity contribution in [2.45, 2.75) is 6.42 Å². The molecule has 2 aromatic rings. The third-order valence-corrected chi connectivity index (χ3v) is 2.24. The lowest BCUT2D eigenvalue weighted by Crippen LogP contribution is -1.98. The van der Waals surface area contributed by atoms with Gasteiger partial charge in [0.05, 0.1) is 6.20 Å². The van der Waals surface area contributed by atoms with E-state index in [0.29, 0.717) is 6.42 Å². The van der Waals surface area contributed by atoms with Gasteiger partial charge in [-0.05, 0) is 17.7 Å². The first kappa shape index (κ1) is 9.71. The van der Waals surface area contributed by atoms with Crippen molar-refractivity contribution in [2.75, 3.05) is 0 Å². The van der Waals surface area contributed by atoms with E-state index in [2.05, 4.69) is 4.98 Å². The number of hydrogen-bond acceptors (Lipinski definition) is 2. The number of rotatable bonds is 2. The van der Waals surface area contributed by atoms with E-state index >= 15 is 0 Å². The minimum atomic E-state index is -0.249. The van der Waals surface area contributed by atoms with Gasteiger partial charge in [0.1, 0.15) is 11.6 Å². The van der Waals surface area contributed by atoms with E-state index in [0.717, 1.165) is 11.4 Å². The van der Waals surface area contributed by atoms with E-state index in [1.54, 1.807) is 22.9 Å². The van der Waals surface area contributed by atoms with Crippen LogP contribution in [0, 0.1) is 5.82 Å². The largest absolute Gasteiger partial charge is 0.492 e. The van der Waals surface area contributed by atoms with Gasteiger partial charge in [-0.2, -0.15) is 4.98 Å². The van der Waals surface area contributed by atoms with Crippen molar-refractivity contribution in [2.24, 2.45) is 7.05 Å². The van der Waals surface area contributed by atoms with Crippen LogP contribution >= 0.6 is 0 Å². The average molecular weight is 206 g/mol. The van der Waals surface area contributed by atoms with Crippen molar-refractivity contribution in [3.8, 4) is 5.88 Å². The number of halogens is 1. The molecule has 1 N–H and O–H groups in total. The predicted molar refractivity (Wildman–Crippen MR) is 54.1 cm³/mol. The zero-order chi connectivity index (χ0) is 10.8. The molecule has 3 nitrogen and oxygen atoms in total. The summed E-state index contributed by atoms with van der Waals surface area (Å²) in [4.78, 5) is 3.95. The van der Waals surface area contributed by atoms with Crippen LogP contribution in [0.25, 0.3) is 0 Å². The monoisotopic (exact) mass is 206 g/mol. The molecule has 2 rings (SSSR count). The first-order valence-corrected chi connectivity index (χ1v) is 4.61. The van der Waals surface area contributed by atoms with Crippen molar-refractivity contribution < 1.29 is 9.50 Å². The number of benzene rings is 1. The van der Waals surface area contributed by atoms with E-state index in [4.69, 9.17) is 5.11 Å². The molecule has 0 saturated heterocycles. The Bertz CT molecular complexity index is 462. The number of imidazole rings is 1. The molecule has 0 unspecified atom stereocenters. The fourth-order valence-electron chi connectivity index (χ4n) is 1.44. The Labute approximate surface area is 86.8 Å².